The molecule has 16 heavy (non-hydrogen) atoms. The molecule has 0 aromatic carbocycles. The molecule has 0 amide bonds. The molecule has 0 aliphatic carbocycles. The number of halogens is 1. The summed E-state index contributed by atoms with van der Waals surface area (Å²) in [4.78, 5) is 2.55. The van der Waals surface area contributed by atoms with E-state index < -0.39 is 0 Å². The van der Waals surface area contributed by atoms with Gasteiger partial charge in [0.1, 0.15) is 0 Å². The second kappa shape index (κ2) is 10.4. The Kier molecular flexibility index (Phi) is 10.5. The van der Waals surface area contributed by atoms with Crippen LogP contribution in [0.1, 0.15) is 40.5 Å². The Balaban J connectivity index is 3.98. The van der Waals surface area contributed by atoms with Gasteiger partial charge in [0, 0.05) is 25.0 Å². The Morgan fingerprint density at radius 3 is 2.19 bits per heavy atom. The lowest BCUT2D eigenvalue weighted by molar-refractivity contribution is 0.0852. The second-order valence-electron chi connectivity index (χ2n) is 4.66. The molecule has 0 spiro atoms. The predicted octanol–water partition coefficient (Wildman–Crippen LogP) is 3.39. The van der Waals surface area contributed by atoms with Crippen molar-refractivity contribution in [2.45, 2.75) is 46.6 Å². The van der Waals surface area contributed by atoms with E-state index in [4.69, 9.17) is 16.3 Å². The van der Waals surface area contributed by atoms with Crippen LogP contribution in [0.15, 0.2) is 0 Å². The molecule has 98 valence electrons. The average Bonchev–Trinajstić information content (AvgIpc) is 2.25. The van der Waals surface area contributed by atoms with Crippen LogP contribution in [0, 0.1) is 5.92 Å². The fourth-order valence-electron chi connectivity index (χ4n) is 2.04. The van der Waals surface area contributed by atoms with Gasteiger partial charge in [0.15, 0.2) is 0 Å². The van der Waals surface area contributed by atoms with Crippen LogP contribution in [0.4, 0.5) is 0 Å². The first-order valence-electron chi connectivity index (χ1n) is 6.53. The van der Waals surface area contributed by atoms with Gasteiger partial charge >= 0.3 is 0 Å². The third-order valence-electron chi connectivity index (χ3n) is 2.80. The molecule has 0 aromatic heterocycles. The molecule has 0 radical (unpaired) electrons. The van der Waals surface area contributed by atoms with Gasteiger partial charge in [-0.3, -0.25) is 4.90 Å². The highest BCUT2D eigenvalue weighted by atomic mass is 35.5. The molecule has 0 aromatic rings. The van der Waals surface area contributed by atoms with Gasteiger partial charge in [0.05, 0.1) is 13.2 Å². The molecule has 0 fully saturated rings. The van der Waals surface area contributed by atoms with Crippen molar-refractivity contribution in [3.05, 3.63) is 0 Å². The van der Waals surface area contributed by atoms with E-state index in [1.54, 1.807) is 0 Å². The van der Waals surface area contributed by atoms with Gasteiger partial charge in [-0.25, -0.2) is 0 Å². The van der Waals surface area contributed by atoms with Gasteiger partial charge in [-0.2, -0.15) is 0 Å². The van der Waals surface area contributed by atoms with Crippen LogP contribution in [0.2, 0.25) is 0 Å². The first-order chi connectivity index (χ1) is 7.65. The van der Waals surface area contributed by atoms with Crippen molar-refractivity contribution in [3.63, 3.8) is 0 Å². The lowest BCUT2D eigenvalue weighted by Gasteiger charge is -2.31. The summed E-state index contributed by atoms with van der Waals surface area (Å²) < 4.78 is 5.46. The normalized spacial score (nSPS) is 12.0. The molecule has 0 N–H and O–H groups in total. The van der Waals surface area contributed by atoms with Crippen LogP contribution in [0.5, 0.6) is 0 Å². The summed E-state index contributed by atoms with van der Waals surface area (Å²) in [5.74, 6) is 1.31. The minimum Gasteiger partial charge on any atom is -0.379 e. The van der Waals surface area contributed by atoms with Crippen molar-refractivity contribution in [1.82, 2.24) is 4.90 Å². The Labute approximate surface area is 106 Å². The third-order valence-corrected chi connectivity index (χ3v) is 2.96. The number of hydrogen-bond donors (Lipinski definition) is 0. The molecule has 0 bridgehead atoms. The first-order valence-corrected chi connectivity index (χ1v) is 7.06. The average molecular weight is 250 g/mol. The van der Waals surface area contributed by atoms with Gasteiger partial charge in [0.2, 0.25) is 0 Å². The topological polar surface area (TPSA) is 12.5 Å². The molecule has 0 unspecified atom stereocenters. The maximum atomic E-state index is 5.58. The highest BCUT2D eigenvalue weighted by Crippen LogP contribution is 2.11. The second-order valence-corrected chi connectivity index (χ2v) is 5.04. The van der Waals surface area contributed by atoms with E-state index in [2.05, 4.69) is 32.6 Å². The maximum absolute atomic E-state index is 5.58. The molecule has 2 nitrogen and oxygen atoms in total. The number of hydrogen-bond acceptors (Lipinski definition) is 2. The Hall–Kier alpha value is 0.210. The monoisotopic (exact) mass is 249 g/mol. The van der Waals surface area contributed by atoms with Crippen molar-refractivity contribution in [1.29, 1.82) is 0 Å². The highest BCUT2D eigenvalue weighted by molar-refractivity contribution is 6.17. The zero-order valence-electron chi connectivity index (χ0n) is 11.3. The van der Waals surface area contributed by atoms with Crippen molar-refractivity contribution < 1.29 is 4.74 Å². The Bertz CT molecular complexity index is 149. The largest absolute Gasteiger partial charge is 0.379 e. The van der Waals surface area contributed by atoms with Crippen molar-refractivity contribution >= 4 is 11.6 Å². The van der Waals surface area contributed by atoms with Gasteiger partial charge in [-0.1, -0.05) is 27.7 Å². The number of ether oxygens (including phenoxy) is 1. The van der Waals surface area contributed by atoms with Crippen molar-refractivity contribution in [2.24, 2.45) is 5.92 Å². The smallest absolute Gasteiger partial charge is 0.0602 e. The summed E-state index contributed by atoms with van der Waals surface area (Å²) in [5, 5.41) is 0. The maximum Gasteiger partial charge on any atom is 0.0602 e. The molecule has 0 saturated carbocycles. The summed E-state index contributed by atoms with van der Waals surface area (Å²) in [6, 6.07) is 0.696. The molecule has 0 saturated heterocycles. The fraction of sp³-hybridized carbons (Fsp3) is 1.00. The minimum absolute atomic E-state index is 0.592. The minimum atomic E-state index is 0.592. The molecule has 0 aliphatic rings. The molecular formula is C13H28ClNO. The molecular weight excluding hydrogens is 222 g/mol. The highest BCUT2D eigenvalue weighted by Gasteiger charge is 2.15. The van der Waals surface area contributed by atoms with Gasteiger partial charge in [-0.05, 0) is 18.8 Å². The molecule has 0 rings (SSSR count). The summed E-state index contributed by atoms with van der Waals surface area (Å²) in [6.07, 6.45) is 2.44. The van der Waals surface area contributed by atoms with Crippen LogP contribution in [0.3, 0.4) is 0 Å². The quantitative estimate of drug-likeness (QED) is 0.435. The Morgan fingerprint density at radius 1 is 1.12 bits per heavy atom. The Morgan fingerprint density at radius 2 is 1.75 bits per heavy atom. The third kappa shape index (κ3) is 7.48. The van der Waals surface area contributed by atoms with E-state index in [0.717, 1.165) is 19.7 Å². The van der Waals surface area contributed by atoms with Crippen LogP contribution in [-0.4, -0.2) is 43.1 Å². The SMILES string of the molecule is CCC(CC)N(CCOCCCl)CC(C)C. The van der Waals surface area contributed by atoms with E-state index in [1.807, 2.05) is 0 Å². The lowest BCUT2D eigenvalue weighted by Crippen LogP contribution is -2.39. The van der Waals surface area contributed by atoms with Crippen LogP contribution >= 0.6 is 11.6 Å². The van der Waals surface area contributed by atoms with E-state index in [-0.39, 0.29) is 0 Å². The number of nitrogens with zero attached hydrogens (tertiary/aromatic N) is 1. The predicted molar refractivity (Wildman–Crippen MR) is 72.3 cm³/mol. The first kappa shape index (κ1) is 16.2. The zero-order valence-corrected chi connectivity index (χ0v) is 12.1. The summed E-state index contributed by atoms with van der Waals surface area (Å²) in [5.41, 5.74) is 0. The van der Waals surface area contributed by atoms with Gasteiger partial charge in [0.25, 0.3) is 0 Å². The fourth-order valence-corrected chi connectivity index (χ4v) is 2.14. The number of rotatable bonds is 10. The van der Waals surface area contributed by atoms with E-state index in [1.165, 1.54) is 12.8 Å². The molecule has 3 heteroatoms. The van der Waals surface area contributed by atoms with Crippen LogP contribution < -0.4 is 0 Å². The molecule has 0 aliphatic heterocycles. The summed E-state index contributed by atoms with van der Waals surface area (Å²) >= 11 is 5.58. The van der Waals surface area contributed by atoms with E-state index in [0.29, 0.717) is 24.4 Å². The van der Waals surface area contributed by atoms with Gasteiger partial charge < -0.3 is 4.74 Å². The van der Waals surface area contributed by atoms with Crippen LogP contribution in [-0.2, 0) is 4.74 Å². The lowest BCUT2D eigenvalue weighted by atomic mass is 10.1. The molecule has 0 heterocycles. The summed E-state index contributed by atoms with van der Waals surface area (Å²) in [6.45, 7) is 12.7. The van der Waals surface area contributed by atoms with Crippen molar-refractivity contribution in [2.75, 3.05) is 32.2 Å². The summed E-state index contributed by atoms with van der Waals surface area (Å²) in [7, 11) is 0. The number of alkyl halides is 1. The van der Waals surface area contributed by atoms with E-state index in [9.17, 15) is 0 Å². The van der Waals surface area contributed by atoms with Gasteiger partial charge in [-0.15, -0.1) is 11.6 Å². The van der Waals surface area contributed by atoms with Crippen LogP contribution in [0.25, 0.3) is 0 Å². The zero-order chi connectivity index (χ0) is 12.4. The standard InChI is InChI=1S/C13H28ClNO/c1-5-13(6-2)15(11-12(3)4)8-10-16-9-7-14/h12-13H,5-11H2,1-4H3. The van der Waals surface area contributed by atoms with E-state index >= 15 is 0 Å². The van der Waals surface area contributed by atoms with Crippen molar-refractivity contribution in [3.8, 4) is 0 Å². The molecule has 0 atom stereocenters.